The quantitative estimate of drug-likeness (QED) is 0.877. The van der Waals surface area contributed by atoms with Crippen molar-refractivity contribution in [3.63, 3.8) is 0 Å². The first-order valence-electron chi connectivity index (χ1n) is 8.18. The van der Waals surface area contributed by atoms with Crippen LogP contribution in [-0.2, 0) is 27.8 Å². The van der Waals surface area contributed by atoms with Gasteiger partial charge in [0.1, 0.15) is 24.2 Å². The lowest BCUT2D eigenvalue weighted by atomic mass is 9.96. The number of sulfonamides is 1. The molecule has 7 nitrogen and oxygen atoms in total. The van der Waals surface area contributed by atoms with E-state index < -0.39 is 22.0 Å². The lowest BCUT2D eigenvalue weighted by Gasteiger charge is -2.34. The lowest BCUT2D eigenvalue weighted by Crippen LogP contribution is -2.48. The highest BCUT2D eigenvalue weighted by Crippen LogP contribution is 2.39. The van der Waals surface area contributed by atoms with Crippen LogP contribution in [0.2, 0.25) is 0 Å². The third-order valence-electron chi connectivity index (χ3n) is 4.61. The normalized spacial score (nSPS) is 19.6. The fourth-order valence-electron chi connectivity index (χ4n) is 3.34. The van der Waals surface area contributed by atoms with E-state index in [1.807, 2.05) is 24.3 Å². The van der Waals surface area contributed by atoms with Crippen molar-refractivity contribution in [3.8, 4) is 11.5 Å². The number of ether oxygens (including phenoxy) is 2. The van der Waals surface area contributed by atoms with E-state index in [-0.39, 0.29) is 30.2 Å². The fraction of sp³-hybridized carbons (Fsp3) is 0.278. The van der Waals surface area contributed by atoms with E-state index >= 15 is 0 Å². The molecule has 2 aliphatic rings. The maximum atomic E-state index is 13.3. The average molecular weight is 375 g/mol. The van der Waals surface area contributed by atoms with E-state index in [9.17, 15) is 18.3 Å². The summed E-state index contributed by atoms with van der Waals surface area (Å²) in [5, 5.41) is 9.62. The standard InChI is InChI=1S/C18H17NO6S/c20-18(21)14-10-12-4-1-2-5-13(12)11-19(14)26(22,23)16-7-3-6-15-17(16)25-9-8-24-15/h1-7,14H,8-11H2,(H,20,21)/t14-/m0/s1. The van der Waals surface area contributed by atoms with Gasteiger partial charge in [0.05, 0.1) is 0 Å². The Morgan fingerprint density at radius 2 is 1.77 bits per heavy atom. The van der Waals surface area contributed by atoms with Gasteiger partial charge in [-0.05, 0) is 23.3 Å². The molecule has 2 aromatic rings. The van der Waals surface area contributed by atoms with Gasteiger partial charge in [-0.15, -0.1) is 0 Å². The molecule has 0 amide bonds. The molecule has 0 saturated carbocycles. The number of carbonyl (C=O) groups is 1. The number of benzene rings is 2. The molecule has 0 fully saturated rings. The molecule has 0 aliphatic carbocycles. The van der Waals surface area contributed by atoms with E-state index in [2.05, 4.69) is 0 Å². The van der Waals surface area contributed by atoms with Gasteiger partial charge >= 0.3 is 5.97 Å². The van der Waals surface area contributed by atoms with Crippen molar-refractivity contribution in [1.82, 2.24) is 4.31 Å². The van der Waals surface area contributed by atoms with Crippen LogP contribution < -0.4 is 9.47 Å². The molecular weight excluding hydrogens is 358 g/mol. The van der Waals surface area contributed by atoms with Gasteiger partial charge < -0.3 is 14.6 Å². The molecule has 2 aliphatic heterocycles. The van der Waals surface area contributed by atoms with Gasteiger partial charge in [-0.2, -0.15) is 4.31 Å². The number of carboxylic acids is 1. The van der Waals surface area contributed by atoms with Crippen LogP contribution >= 0.6 is 0 Å². The molecular formula is C18H17NO6S. The van der Waals surface area contributed by atoms with Gasteiger partial charge in [0.25, 0.3) is 0 Å². The minimum absolute atomic E-state index is 0.00000189. The predicted molar refractivity (Wildman–Crippen MR) is 91.7 cm³/mol. The van der Waals surface area contributed by atoms with E-state index in [0.717, 1.165) is 15.4 Å². The van der Waals surface area contributed by atoms with Gasteiger partial charge in [0.15, 0.2) is 11.5 Å². The Hall–Kier alpha value is -2.58. The molecule has 0 saturated heterocycles. The zero-order valence-corrected chi connectivity index (χ0v) is 14.6. The molecule has 8 heteroatoms. The Bertz CT molecular complexity index is 971. The summed E-state index contributed by atoms with van der Waals surface area (Å²) in [4.78, 5) is 11.7. The molecule has 2 heterocycles. The summed E-state index contributed by atoms with van der Waals surface area (Å²) in [5.41, 5.74) is 1.65. The minimum atomic E-state index is -4.09. The summed E-state index contributed by atoms with van der Waals surface area (Å²) < 4.78 is 38.6. The molecule has 26 heavy (non-hydrogen) atoms. The first kappa shape index (κ1) is 16.9. The molecule has 1 N–H and O–H groups in total. The predicted octanol–water partition coefficient (Wildman–Crippen LogP) is 1.66. The minimum Gasteiger partial charge on any atom is -0.486 e. The zero-order valence-electron chi connectivity index (χ0n) is 13.8. The van der Waals surface area contributed by atoms with Crippen LogP contribution in [0.1, 0.15) is 11.1 Å². The molecule has 4 rings (SSSR count). The lowest BCUT2D eigenvalue weighted by molar-refractivity contribution is -0.141. The number of hydrogen-bond donors (Lipinski definition) is 1. The summed E-state index contributed by atoms with van der Waals surface area (Å²) in [6.07, 6.45) is 0.122. The van der Waals surface area contributed by atoms with E-state index in [4.69, 9.17) is 9.47 Å². The number of aliphatic carboxylic acids is 1. The average Bonchev–Trinajstić information content (AvgIpc) is 2.66. The Labute approximate surface area is 150 Å². The van der Waals surface area contributed by atoms with Crippen LogP contribution in [-0.4, -0.2) is 43.1 Å². The number of fused-ring (bicyclic) bond motifs is 2. The van der Waals surface area contributed by atoms with Crippen LogP contribution in [0.25, 0.3) is 0 Å². The number of carboxylic acid groups (broad SMARTS) is 1. The van der Waals surface area contributed by atoms with E-state index in [0.29, 0.717) is 12.4 Å². The van der Waals surface area contributed by atoms with E-state index in [1.165, 1.54) is 6.07 Å². The SMILES string of the molecule is O=C(O)[C@@H]1Cc2ccccc2CN1S(=O)(=O)c1cccc2c1OCCO2. The maximum absolute atomic E-state index is 13.3. The number of para-hydroxylation sites is 1. The van der Waals surface area contributed by atoms with Crippen molar-refractivity contribution in [2.45, 2.75) is 23.9 Å². The maximum Gasteiger partial charge on any atom is 0.322 e. The van der Waals surface area contributed by atoms with Crippen LogP contribution in [0.5, 0.6) is 11.5 Å². The van der Waals surface area contributed by atoms with Crippen molar-refractivity contribution in [1.29, 1.82) is 0 Å². The Balaban J connectivity index is 1.81. The smallest absolute Gasteiger partial charge is 0.322 e. The van der Waals surface area contributed by atoms with Crippen molar-refractivity contribution >= 4 is 16.0 Å². The van der Waals surface area contributed by atoms with Gasteiger partial charge in [-0.25, -0.2) is 8.42 Å². The van der Waals surface area contributed by atoms with Gasteiger partial charge in [-0.1, -0.05) is 30.3 Å². The molecule has 0 spiro atoms. The Morgan fingerprint density at radius 3 is 2.54 bits per heavy atom. The molecule has 0 aromatic heterocycles. The molecule has 0 unspecified atom stereocenters. The largest absolute Gasteiger partial charge is 0.486 e. The highest BCUT2D eigenvalue weighted by molar-refractivity contribution is 7.89. The highest BCUT2D eigenvalue weighted by Gasteiger charge is 2.41. The van der Waals surface area contributed by atoms with Crippen LogP contribution in [0, 0.1) is 0 Å². The molecule has 0 bridgehead atoms. The highest BCUT2D eigenvalue weighted by atomic mass is 32.2. The van der Waals surface area contributed by atoms with Crippen molar-refractivity contribution < 1.29 is 27.8 Å². The van der Waals surface area contributed by atoms with Crippen LogP contribution in [0.15, 0.2) is 47.4 Å². The van der Waals surface area contributed by atoms with Crippen molar-refractivity contribution in [3.05, 3.63) is 53.6 Å². The third kappa shape index (κ3) is 2.71. The Kier molecular flexibility index (Phi) is 4.08. The topological polar surface area (TPSA) is 93.1 Å². The summed E-state index contributed by atoms with van der Waals surface area (Å²) in [6, 6.07) is 10.7. The van der Waals surface area contributed by atoms with Gasteiger partial charge in [-0.3, -0.25) is 4.79 Å². The first-order chi connectivity index (χ1) is 12.5. The van der Waals surface area contributed by atoms with Gasteiger partial charge in [0, 0.05) is 13.0 Å². The second kappa shape index (κ2) is 6.30. The zero-order chi connectivity index (χ0) is 18.3. The third-order valence-corrected chi connectivity index (χ3v) is 6.49. The first-order valence-corrected chi connectivity index (χ1v) is 9.62. The van der Waals surface area contributed by atoms with Crippen LogP contribution in [0.4, 0.5) is 0 Å². The second-order valence-electron chi connectivity index (χ2n) is 6.16. The summed E-state index contributed by atoms with van der Waals surface area (Å²) >= 11 is 0. The Morgan fingerprint density at radius 1 is 1.04 bits per heavy atom. The summed E-state index contributed by atoms with van der Waals surface area (Å²) in [6.45, 7) is 0.579. The number of nitrogens with zero attached hydrogens (tertiary/aromatic N) is 1. The van der Waals surface area contributed by atoms with Gasteiger partial charge in [0.2, 0.25) is 10.0 Å². The summed E-state index contributed by atoms with van der Waals surface area (Å²) in [7, 11) is -4.09. The number of rotatable bonds is 3. The summed E-state index contributed by atoms with van der Waals surface area (Å²) in [5.74, 6) is -0.687. The second-order valence-corrected chi connectivity index (χ2v) is 8.02. The molecule has 1 atom stereocenters. The number of hydrogen-bond acceptors (Lipinski definition) is 5. The molecule has 2 aromatic carbocycles. The monoisotopic (exact) mass is 375 g/mol. The molecule has 136 valence electrons. The van der Waals surface area contributed by atoms with E-state index in [1.54, 1.807) is 12.1 Å². The fourth-order valence-corrected chi connectivity index (χ4v) is 5.04. The molecule has 0 radical (unpaired) electrons. The van der Waals surface area contributed by atoms with Crippen LogP contribution in [0.3, 0.4) is 0 Å². The van der Waals surface area contributed by atoms with Crippen molar-refractivity contribution in [2.24, 2.45) is 0 Å². The van der Waals surface area contributed by atoms with Crippen molar-refractivity contribution in [2.75, 3.05) is 13.2 Å².